The van der Waals surface area contributed by atoms with Crippen LogP contribution in [0.1, 0.15) is 25.3 Å². The molecular weight excluding hydrogens is 230 g/mol. The van der Waals surface area contributed by atoms with E-state index in [2.05, 4.69) is 0 Å². The molecule has 2 atom stereocenters. The lowest BCUT2D eigenvalue weighted by Crippen LogP contribution is -2.41. The van der Waals surface area contributed by atoms with Gasteiger partial charge < -0.3 is 9.53 Å². The number of hydrogen-bond donors (Lipinski definition) is 0. The van der Waals surface area contributed by atoms with Crippen molar-refractivity contribution in [3.8, 4) is 0 Å². The lowest BCUT2D eigenvalue weighted by atomic mass is 10.2. The molecule has 1 aliphatic heterocycles. The van der Waals surface area contributed by atoms with Gasteiger partial charge in [-0.2, -0.15) is 0 Å². The van der Waals surface area contributed by atoms with Gasteiger partial charge in [0.2, 0.25) is 0 Å². The maximum Gasteiger partial charge on any atom is 0.410 e. The smallest absolute Gasteiger partial charge is 0.410 e. The van der Waals surface area contributed by atoms with Crippen molar-refractivity contribution in [2.24, 2.45) is 0 Å². The van der Waals surface area contributed by atoms with Crippen LogP contribution in [0.3, 0.4) is 0 Å². The van der Waals surface area contributed by atoms with Crippen molar-refractivity contribution in [1.29, 1.82) is 0 Å². The van der Waals surface area contributed by atoms with Gasteiger partial charge in [-0.1, -0.05) is 30.3 Å². The molecule has 1 aromatic rings. The summed E-state index contributed by atoms with van der Waals surface area (Å²) in [7, 11) is 0. The molecule has 0 unspecified atom stereocenters. The van der Waals surface area contributed by atoms with E-state index in [1.807, 2.05) is 37.3 Å². The highest BCUT2D eigenvalue weighted by molar-refractivity contribution is 5.74. The molecule has 0 bridgehead atoms. The minimum atomic E-state index is -0.402. The first-order valence-corrected chi connectivity index (χ1v) is 6.16. The van der Waals surface area contributed by atoms with Crippen molar-refractivity contribution >= 4 is 12.4 Å². The highest BCUT2D eigenvalue weighted by atomic mass is 16.6. The summed E-state index contributed by atoms with van der Waals surface area (Å²) in [6, 6.07) is 9.25. The fourth-order valence-electron chi connectivity index (χ4n) is 2.26. The Bertz CT molecular complexity index is 418. The molecule has 1 aliphatic rings. The lowest BCUT2D eigenvalue weighted by Gasteiger charge is -2.24. The summed E-state index contributed by atoms with van der Waals surface area (Å²) in [4.78, 5) is 24.4. The van der Waals surface area contributed by atoms with Crippen LogP contribution in [0.2, 0.25) is 0 Å². The van der Waals surface area contributed by atoms with Crippen LogP contribution >= 0.6 is 0 Å². The molecular formula is C14H17NO3. The minimum absolute atomic E-state index is 0.0727. The van der Waals surface area contributed by atoms with E-state index in [-0.39, 0.29) is 18.7 Å². The molecule has 2 rings (SSSR count). The SMILES string of the molecule is C[C@@H]1CC[C@@H](C=O)N1C(=O)OCc1ccccc1. The zero-order valence-corrected chi connectivity index (χ0v) is 10.4. The van der Waals surface area contributed by atoms with Crippen LogP contribution in [0.15, 0.2) is 30.3 Å². The van der Waals surface area contributed by atoms with E-state index in [1.165, 1.54) is 4.90 Å². The first kappa shape index (κ1) is 12.6. The van der Waals surface area contributed by atoms with E-state index in [4.69, 9.17) is 4.74 Å². The quantitative estimate of drug-likeness (QED) is 0.770. The molecule has 4 heteroatoms. The third-order valence-electron chi connectivity index (χ3n) is 3.29. The molecule has 1 saturated heterocycles. The van der Waals surface area contributed by atoms with Crippen LogP contribution in [0.4, 0.5) is 4.79 Å². The second-order valence-corrected chi connectivity index (χ2v) is 4.58. The highest BCUT2D eigenvalue weighted by Gasteiger charge is 2.35. The number of likely N-dealkylation sites (tertiary alicyclic amines) is 1. The van der Waals surface area contributed by atoms with Crippen LogP contribution in [-0.4, -0.2) is 29.4 Å². The molecule has 1 amide bonds. The van der Waals surface area contributed by atoms with Crippen molar-refractivity contribution < 1.29 is 14.3 Å². The Kier molecular flexibility index (Phi) is 3.97. The minimum Gasteiger partial charge on any atom is -0.445 e. The fourth-order valence-corrected chi connectivity index (χ4v) is 2.26. The standard InChI is InChI=1S/C14H17NO3/c1-11-7-8-13(9-16)15(11)14(17)18-10-12-5-3-2-4-6-12/h2-6,9,11,13H,7-8,10H2,1H3/t11-,13+/m1/s1. The summed E-state index contributed by atoms with van der Waals surface area (Å²) in [5.74, 6) is 0. The van der Waals surface area contributed by atoms with Gasteiger partial charge in [0.15, 0.2) is 0 Å². The molecule has 0 spiro atoms. The van der Waals surface area contributed by atoms with Crippen LogP contribution in [0.25, 0.3) is 0 Å². The lowest BCUT2D eigenvalue weighted by molar-refractivity contribution is -0.111. The van der Waals surface area contributed by atoms with Gasteiger partial charge in [0.1, 0.15) is 12.9 Å². The summed E-state index contributed by atoms with van der Waals surface area (Å²) in [6.45, 7) is 2.18. The molecule has 4 nitrogen and oxygen atoms in total. The van der Waals surface area contributed by atoms with Gasteiger partial charge in [0.05, 0.1) is 6.04 Å². The number of carbonyl (C=O) groups excluding carboxylic acids is 2. The Balaban J connectivity index is 1.93. The number of ether oxygens (including phenoxy) is 1. The molecule has 0 aromatic heterocycles. The zero-order chi connectivity index (χ0) is 13.0. The van der Waals surface area contributed by atoms with Crippen LogP contribution < -0.4 is 0 Å². The number of amides is 1. The Morgan fingerprint density at radius 2 is 2.11 bits per heavy atom. The number of hydrogen-bond acceptors (Lipinski definition) is 3. The summed E-state index contributed by atoms with van der Waals surface area (Å²) >= 11 is 0. The van der Waals surface area contributed by atoms with Crippen LogP contribution in [0, 0.1) is 0 Å². The first-order valence-electron chi connectivity index (χ1n) is 6.16. The molecule has 1 fully saturated rings. The van der Waals surface area contributed by atoms with E-state index < -0.39 is 6.09 Å². The number of rotatable bonds is 3. The third-order valence-corrected chi connectivity index (χ3v) is 3.29. The molecule has 0 saturated carbocycles. The van der Waals surface area contributed by atoms with Gasteiger partial charge in [0, 0.05) is 6.04 Å². The molecule has 1 heterocycles. The number of carbonyl (C=O) groups is 2. The predicted molar refractivity (Wildman–Crippen MR) is 67.0 cm³/mol. The molecule has 0 aliphatic carbocycles. The van der Waals surface area contributed by atoms with Crippen molar-refractivity contribution in [1.82, 2.24) is 4.90 Å². The maximum absolute atomic E-state index is 11.9. The second kappa shape index (κ2) is 5.67. The van der Waals surface area contributed by atoms with Gasteiger partial charge in [-0.3, -0.25) is 4.90 Å². The number of aldehydes is 1. The second-order valence-electron chi connectivity index (χ2n) is 4.58. The summed E-state index contributed by atoms with van der Waals surface area (Å²) in [5, 5.41) is 0. The molecule has 96 valence electrons. The largest absolute Gasteiger partial charge is 0.445 e. The molecule has 0 N–H and O–H groups in total. The average molecular weight is 247 g/mol. The Labute approximate surface area is 107 Å². The fraction of sp³-hybridized carbons (Fsp3) is 0.429. The van der Waals surface area contributed by atoms with Crippen molar-refractivity contribution in [3.05, 3.63) is 35.9 Å². The number of nitrogens with zero attached hydrogens (tertiary/aromatic N) is 1. The summed E-state index contributed by atoms with van der Waals surface area (Å²) < 4.78 is 5.24. The predicted octanol–water partition coefficient (Wildman–Crippen LogP) is 2.38. The third kappa shape index (κ3) is 2.70. The van der Waals surface area contributed by atoms with Gasteiger partial charge in [-0.05, 0) is 25.3 Å². The van der Waals surface area contributed by atoms with E-state index in [9.17, 15) is 9.59 Å². The Morgan fingerprint density at radius 3 is 2.78 bits per heavy atom. The van der Waals surface area contributed by atoms with E-state index in [0.29, 0.717) is 0 Å². The maximum atomic E-state index is 11.9. The number of benzene rings is 1. The van der Waals surface area contributed by atoms with E-state index in [0.717, 1.165) is 24.7 Å². The van der Waals surface area contributed by atoms with Crippen LogP contribution in [-0.2, 0) is 16.1 Å². The van der Waals surface area contributed by atoms with Crippen molar-refractivity contribution in [3.63, 3.8) is 0 Å². The molecule has 1 aromatic carbocycles. The summed E-state index contributed by atoms with van der Waals surface area (Å²) in [5.41, 5.74) is 0.945. The van der Waals surface area contributed by atoms with Crippen molar-refractivity contribution in [2.45, 2.75) is 38.5 Å². The monoisotopic (exact) mass is 247 g/mol. The van der Waals surface area contributed by atoms with Gasteiger partial charge in [0.25, 0.3) is 0 Å². The Hall–Kier alpha value is -1.84. The van der Waals surface area contributed by atoms with Gasteiger partial charge >= 0.3 is 6.09 Å². The van der Waals surface area contributed by atoms with Gasteiger partial charge in [-0.25, -0.2) is 4.79 Å². The van der Waals surface area contributed by atoms with Gasteiger partial charge in [-0.15, -0.1) is 0 Å². The highest BCUT2D eigenvalue weighted by Crippen LogP contribution is 2.23. The van der Waals surface area contributed by atoms with E-state index in [1.54, 1.807) is 0 Å². The van der Waals surface area contributed by atoms with Crippen LogP contribution in [0.5, 0.6) is 0 Å². The Morgan fingerprint density at radius 1 is 1.39 bits per heavy atom. The van der Waals surface area contributed by atoms with E-state index >= 15 is 0 Å². The average Bonchev–Trinajstić information content (AvgIpc) is 2.78. The summed E-state index contributed by atoms with van der Waals surface area (Å²) in [6.07, 6.45) is 2.00. The van der Waals surface area contributed by atoms with Crippen molar-refractivity contribution in [2.75, 3.05) is 0 Å². The molecule has 18 heavy (non-hydrogen) atoms. The topological polar surface area (TPSA) is 46.6 Å². The first-order chi connectivity index (χ1) is 8.72. The zero-order valence-electron chi connectivity index (χ0n) is 10.4. The normalized spacial score (nSPS) is 22.8. The molecule has 0 radical (unpaired) electrons.